The molecule has 6 nitrogen and oxygen atoms in total. The van der Waals surface area contributed by atoms with E-state index in [0.29, 0.717) is 18.3 Å². The topological polar surface area (TPSA) is 72.1 Å². The molecule has 0 aliphatic heterocycles. The van der Waals surface area contributed by atoms with Crippen molar-refractivity contribution < 1.29 is 9.32 Å². The summed E-state index contributed by atoms with van der Waals surface area (Å²) in [6.07, 6.45) is 4.47. The van der Waals surface area contributed by atoms with Crippen molar-refractivity contribution >= 4 is 5.91 Å². The molecule has 0 fully saturated rings. The number of hydrogen-bond donors (Lipinski definition) is 0. The second-order valence-corrected chi connectivity index (χ2v) is 4.33. The van der Waals surface area contributed by atoms with Gasteiger partial charge in [0.2, 0.25) is 11.8 Å². The van der Waals surface area contributed by atoms with Gasteiger partial charge in [0.1, 0.15) is 0 Å². The number of aryl methyl sites for hydroxylation is 1. The molecule has 6 heteroatoms. The van der Waals surface area contributed by atoms with E-state index in [-0.39, 0.29) is 12.3 Å². The molecule has 19 heavy (non-hydrogen) atoms. The maximum absolute atomic E-state index is 11.9. The van der Waals surface area contributed by atoms with Crippen LogP contribution in [-0.4, -0.2) is 39.5 Å². The highest BCUT2D eigenvalue weighted by Gasteiger charge is 2.13. The zero-order valence-electron chi connectivity index (χ0n) is 11.0. The summed E-state index contributed by atoms with van der Waals surface area (Å²) < 4.78 is 4.84. The van der Waals surface area contributed by atoms with E-state index >= 15 is 0 Å². The third kappa shape index (κ3) is 3.87. The average molecular weight is 260 g/mol. The molecule has 2 rings (SSSR count). The Morgan fingerprint density at radius 3 is 2.74 bits per heavy atom. The Balaban J connectivity index is 1.82. The van der Waals surface area contributed by atoms with Gasteiger partial charge in [0.25, 0.3) is 0 Å². The highest BCUT2D eigenvalue weighted by atomic mass is 16.5. The van der Waals surface area contributed by atoms with E-state index in [1.165, 1.54) is 0 Å². The fraction of sp³-hybridized carbons (Fsp3) is 0.385. The lowest BCUT2D eigenvalue weighted by molar-refractivity contribution is -0.129. The van der Waals surface area contributed by atoms with Crippen LogP contribution in [0.25, 0.3) is 0 Å². The van der Waals surface area contributed by atoms with Crippen molar-refractivity contribution in [2.24, 2.45) is 0 Å². The molecule has 0 saturated heterocycles. The lowest BCUT2D eigenvalue weighted by Crippen LogP contribution is -2.30. The Bertz CT molecular complexity index is 539. The Labute approximate surface area is 111 Å². The fourth-order valence-corrected chi connectivity index (χ4v) is 1.65. The summed E-state index contributed by atoms with van der Waals surface area (Å²) in [5, 5.41) is 3.71. The molecule has 100 valence electrons. The Morgan fingerprint density at radius 1 is 1.37 bits per heavy atom. The smallest absolute Gasteiger partial charge is 0.230 e. The average Bonchev–Trinajstić information content (AvgIpc) is 2.82. The van der Waals surface area contributed by atoms with Crippen LogP contribution >= 0.6 is 0 Å². The van der Waals surface area contributed by atoms with Crippen molar-refractivity contribution in [2.45, 2.75) is 19.8 Å². The van der Waals surface area contributed by atoms with Gasteiger partial charge in [-0.25, -0.2) is 0 Å². The van der Waals surface area contributed by atoms with Crippen LogP contribution in [0, 0.1) is 6.92 Å². The van der Waals surface area contributed by atoms with Gasteiger partial charge in [0.15, 0.2) is 5.82 Å². The number of hydrogen-bond acceptors (Lipinski definition) is 5. The zero-order valence-corrected chi connectivity index (χ0v) is 11.0. The van der Waals surface area contributed by atoms with Gasteiger partial charge in [-0.3, -0.25) is 9.78 Å². The van der Waals surface area contributed by atoms with E-state index < -0.39 is 0 Å². The van der Waals surface area contributed by atoms with Gasteiger partial charge in [-0.1, -0.05) is 5.16 Å². The normalized spacial score (nSPS) is 10.4. The number of amides is 1. The van der Waals surface area contributed by atoms with Gasteiger partial charge in [-0.15, -0.1) is 0 Å². The van der Waals surface area contributed by atoms with E-state index in [2.05, 4.69) is 15.1 Å². The SMILES string of the molecule is Cc1nc(CC(=O)N(C)CCc2ccncc2)no1. The van der Waals surface area contributed by atoms with Crippen LogP contribution < -0.4 is 0 Å². The molecule has 0 aliphatic carbocycles. The first kappa shape index (κ1) is 13.2. The molecule has 2 aromatic heterocycles. The molecule has 0 aliphatic rings. The van der Waals surface area contributed by atoms with E-state index in [0.717, 1.165) is 12.0 Å². The molecule has 0 spiro atoms. The molecule has 0 N–H and O–H groups in total. The minimum Gasteiger partial charge on any atom is -0.345 e. The first-order valence-corrected chi connectivity index (χ1v) is 6.07. The summed E-state index contributed by atoms with van der Waals surface area (Å²) in [5.41, 5.74) is 1.16. The lowest BCUT2D eigenvalue weighted by Gasteiger charge is -2.16. The minimum atomic E-state index is -0.0187. The molecule has 0 unspecified atom stereocenters. The quantitative estimate of drug-likeness (QED) is 0.802. The predicted octanol–water partition coefficient (Wildman–Crippen LogP) is 1.02. The Kier molecular flexibility index (Phi) is 4.22. The number of nitrogens with zero attached hydrogens (tertiary/aromatic N) is 4. The Hall–Kier alpha value is -2.24. The first-order chi connectivity index (χ1) is 9.15. The number of rotatable bonds is 5. The van der Waals surface area contributed by atoms with Gasteiger partial charge in [-0.2, -0.15) is 4.98 Å². The van der Waals surface area contributed by atoms with Crippen molar-refractivity contribution in [1.82, 2.24) is 20.0 Å². The summed E-state index contributed by atoms with van der Waals surface area (Å²) in [6, 6.07) is 3.89. The maximum atomic E-state index is 11.9. The largest absolute Gasteiger partial charge is 0.345 e. The Morgan fingerprint density at radius 2 is 2.11 bits per heavy atom. The standard InChI is InChI=1S/C13H16N4O2/c1-10-15-12(16-19-10)9-13(18)17(2)8-5-11-3-6-14-7-4-11/h3-4,6-7H,5,8-9H2,1-2H3. The summed E-state index contributed by atoms with van der Waals surface area (Å²) in [4.78, 5) is 21.6. The van der Waals surface area contributed by atoms with Gasteiger partial charge in [0, 0.05) is 32.9 Å². The van der Waals surface area contributed by atoms with E-state index in [4.69, 9.17) is 4.52 Å². The van der Waals surface area contributed by atoms with Crippen LogP contribution in [-0.2, 0) is 17.6 Å². The number of likely N-dealkylation sites (N-methyl/N-ethyl adjacent to an activating group) is 1. The van der Waals surface area contributed by atoms with Gasteiger partial charge in [-0.05, 0) is 24.1 Å². The van der Waals surface area contributed by atoms with Crippen molar-refractivity contribution in [3.63, 3.8) is 0 Å². The summed E-state index contributed by atoms with van der Waals surface area (Å²) in [7, 11) is 1.77. The van der Waals surface area contributed by atoms with Crippen LogP contribution in [0.2, 0.25) is 0 Å². The number of aromatic nitrogens is 3. The second kappa shape index (κ2) is 6.08. The molecule has 0 bridgehead atoms. The van der Waals surface area contributed by atoms with Crippen molar-refractivity contribution in [3.8, 4) is 0 Å². The van der Waals surface area contributed by atoms with E-state index in [1.807, 2.05) is 12.1 Å². The van der Waals surface area contributed by atoms with Crippen LogP contribution in [0.5, 0.6) is 0 Å². The van der Waals surface area contributed by atoms with Crippen molar-refractivity contribution in [1.29, 1.82) is 0 Å². The van der Waals surface area contributed by atoms with Crippen molar-refractivity contribution in [2.75, 3.05) is 13.6 Å². The van der Waals surface area contributed by atoms with Gasteiger partial charge < -0.3 is 9.42 Å². The third-order valence-corrected chi connectivity index (χ3v) is 2.79. The highest BCUT2D eigenvalue weighted by Crippen LogP contribution is 2.02. The fourth-order valence-electron chi connectivity index (χ4n) is 1.65. The summed E-state index contributed by atoms with van der Waals surface area (Å²) in [6.45, 7) is 2.35. The molecular formula is C13H16N4O2. The number of carbonyl (C=O) groups is 1. The monoisotopic (exact) mass is 260 g/mol. The molecule has 2 aromatic rings. The molecule has 0 radical (unpaired) electrons. The van der Waals surface area contributed by atoms with E-state index in [9.17, 15) is 4.79 Å². The van der Waals surface area contributed by atoms with Crippen LogP contribution in [0.15, 0.2) is 29.0 Å². The number of pyridine rings is 1. The zero-order chi connectivity index (χ0) is 13.7. The van der Waals surface area contributed by atoms with Crippen LogP contribution in [0.3, 0.4) is 0 Å². The molecular weight excluding hydrogens is 244 g/mol. The molecule has 0 atom stereocenters. The summed E-state index contributed by atoms with van der Waals surface area (Å²) in [5.74, 6) is 0.885. The highest BCUT2D eigenvalue weighted by molar-refractivity contribution is 5.77. The van der Waals surface area contributed by atoms with E-state index in [1.54, 1.807) is 31.3 Å². The molecule has 2 heterocycles. The predicted molar refractivity (Wildman–Crippen MR) is 68.3 cm³/mol. The van der Waals surface area contributed by atoms with Gasteiger partial charge in [0.05, 0.1) is 6.42 Å². The third-order valence-electron chi connectivity index (χ3n) is 2.79. The van der Waals surface area contributed by atoms with Crippen molar-refractivity contribution in [3.05, 3.63) is 41.8 Å². The first-order valence-electron chi connectivity index (χ1n) is 6.07. The molecule has 1 amide bonds. The van der Waals surface area contributed by atoms with Crippen LogP contribution in [0.4, 0.5) is 0 Å². The minimum absolute atomic E-state index is 0.0187. The molecule has 0 saturated carbocycles. The lowest BCUT2D eigenvalue weighted by atomic mass is 10.2. The van der Waals surface area contributed by atoms with Gasteiger partial charge >= 0.3 is 0 Å². The number of carbonyl (C=O) groups excluding carboxylic acids is 1. The molecule has 0 aromatic carbocycles. The second-order valence-electron chi connectivity index (χ2n) is 4.33. The maximum Gasteiger partial charge on any atom is 0.230 e. The summed E-state index contributed by atoms with van der Waals surface area (Å²) >= 11 is 0. The van der Waals surface area contributed by atoms with Crippen LogP contribution in [0.1, 0.15) is 17.3 Å².